The van der Waals surface area contributed by atoms with Crippen LogP contribution < -0.4 is 9.47 Å². The summed E-state index contributed by atoms with van der Waals surface area (Å²) in [6.07, 6.45) is 1.36. The van der Waals surface area contributed by atoms with Gasteiger partial charge in [-0.2, -0.15) is 0 Å². The second-order valence-corrected chi connectivity index (χ2v) is 4.04. The molecule has 104 valence electrons. The van der Waals surface area contributed by atoms with Gasteiger partial charge in [-0.15, -0.1) is 0 Å². The summed E-state index contributed by atoms with van der Waals surface area (Å²) in [5.74, 6) is -0.457. The van der Waals surface area contributed by atoms with E-state index in [1.807, 2.05) is 0 Å². The predicted octanol–water partition coefficient (Wildman–Crippen LogP) is 1.96. The lowest BCUT2D eigenvalue weighted by Crippen LogP contribution is -2.01. The van der Waals surface area contributed by atoms with Crippen molar-refractivity contribution >= 4 is 11.8 Å². The minimum Gasteiger partial charge on any atom is -0.497 e. The maximum atomic E-state index is 12.3. The number of nitrogens with one attached hydrogen (secondary N) is 1. The quantitative estimate of drug-likeness (QED) is 0.814. The third-order valence-electron chi connectivity index (χ3n) is 2.79. The number of aromatic amines is 1. The van der Waals surface area contributed by atoms with Crippen LogP contribution in [-0.4, -0.2) is 36.1 Å². The molecule has 0 atom stereocenters. The van der Waals surface area contributed by atoms with E-state index in [0.717, 1.165) is 0 Å². The molecule has 1 aromatic heterocycles. The first-order chi connectivity index (χ1) is 9.55. The molecule has 0 radical (unpaired) electrons. The standard InChI is InChI=1S/C14H13NO5/c1-19-10-3-8(4-11(6-10)20-2)13(16)9-5-12(14(17)18)15-7-9/h3-7,15H,1-2H3,(H,17,18). The average molecular weight is 275 g/mol. The van der Waals surface area contributed by atoms with Gasteiger partial charge in [0, 0.05) is 23.4 Å². The number of H-pyrrole nitrogens is 1. The Morgan fingerprint density at radius 2 is 1.60 bits per heavy atom. The molecule has 2 rings (SSSR count). The zero-order valence-corrected chi connectivity index (χ0v) is 11.0. The van der Waals surface area contributed by atoms with Gasteiger partial charge in [-0.25, -0.2) is 4.79 Å². The predicted molar refractivity (Wildman–Crippen MR) is 70.7 cm³/mol. The maximum absolute atomic E-state index is 12.3. The third-order valence-corrected chi connectivity index (χ3v) is 2.79. The molecule has 1 aromatic carbocycles. The van der Waals surface area contributed by atoms with Crippen molar-refractivity contribution in [2.45, 2.75) is 0 Å². The zero-order chi connectivity index (χ0) is 14.7. The molecule has 0 aliphatic carbocycles. The number of aromatic nitrogens is 1. The van der Waals surface area contributed by atoms with E-state index in [2.05, 4.69) is 4.98 Å². The molecule has 0 spiro atoms. The van der Waals surface area contributed by atoms with Crippen LogP contribution in [0.15, 0.2) is 30.5 Å². The van der Waals surface area contributed by atoms with Gasteiger partial charge in [0.25, 0.3) is 0 Å². The number of carbonyl (C=O) groups is 2. The van der Waals surface area contributed by atoms with E-state index in [4.69, 9.17) is 14.6 Å². The number of benzene rings is 1. The van der Waals surface area contributed by atoms with E-state index in [0.29, 0.717) is 17.1 Å². The molecule has 0 aliphatic heterocycles. The fourth-order valence-electron chi connectivity index (χ4n) is 1.75. The summed E-state index contributed by atoms with van der Waals surface area (Å²) in [5, 5.41) is 8.83. The Labute approximate surface area is 115 Å². The summed E-state index contributed by atoms with van der Waals surface area (Å²) in [7, 11) is 2.98. The fraction of sp³-hybridized carbons (Fsp3) is 0.143. The normalized spacial score (nSPS) is 10.1. The number of ketones is 1. The van der Waals surface area contributed by atoms with Gasteiger partial charge in [0.1, 0.15) is 17.2 Å². The Morgan fingerprint density at radius 3 is 2.05 bits per heavy atom. The van der Waals surface area contributed by atoms with Crippen molar-refractivity contribution in [2.75, 3.05) is 14.2 Å². The van der Waals surface area contributed by atoms with Gasteiger partial charge in [-0.1, -0.05) is 0 Å². The Morgan fingerprint density at radius 1 is 1.00 bits per heavy atom. The molecule has 6 nitrogen and oxygen atoms in total. The molecule has 6 heteroatoms. The zero-order valence-electron chi connectivity index (χ0n) is 11.0. The smallest absolute Gasteiger partial charge is 0.352 e. The van der Waals surface area contributed by atoms with E-state index in [1.165, 1.54) is 26.5 Å². The number of carboxylic acids is 1. The Kier molecular flexibility index (Phi) is 3.74. The lowest BCUT2D eigenvalue weighted by atomic mass is 10.1. The van der Waals surface area contributed by atoms with Gasteiger partial charge in [-0.3, -0.25) is 4.79 Å². The van der Waals surface area contributed by atoms with Gasteiger partial charge in [0.15, 0.2) is 5.78 Å². The molecule has 2 N–H and O–H groups in total. The van der Waals surface area contributed by atoms with Crippen LogP contribution in [0.25, 0.3) is 0 Å². The van der Waals surface area contributed by atoms with E-state index < -0.39 is 5.97 Å². The Hall–Kier alpha value is -2.76. The molecular formula is C14H13NO5. The summed E-state index contributed by atoms with van der Waals surface area (Å²) in [5.41, 5.74) is 0.582. The lowest BCUT2D eigenvalue weighted by molar-refractivity contribution is 0.0691. The van der Waals surface area contributed by atoms with E-state index in [-0.39, 0.29) is 17.0 Å². The maximum Gasteiger partial charge on any atom is 0.352 e. The molecule has 2 aromatic rings. The number of ether oxygens (including phenoxy) is 2. The molecule has 0 amide bonds. The van der Waals surface area contributed by atoms with Gasteiger partial charge < -0.3 is 19.6 Å². The first-order valence-corrected chi connectivity index (χ1v) is 5.74. The van der Waals surface area contributed by atoms with Crippen LogP contribution in [0.1, 0.15) is 26.4 Å². The van der Waals surface area contributed by atoms with Crippen molar-refractivity contribution in [1.29, 1.82) is 0 Å². The second kappa shape index (κ2) is 5.48. The number of aromatic carboxylic acids is 1. The third kappa shape index (κ3) is 2.64. The molecule has 0 saturated heterocycles. The monoisotopic (exact) mass is 275 g/mol. The number of carbonyl (C=O) groups excluding carboxylic acids is 1. The summed E-state index contributed by atoms with van der Waals surface area (Å²) >= 11 is 0. The highest BCUT2D eigenvalue weighted by molar-refractivity contribution is 6.10. The van der Waals surface area contributed by atoms with Gasteiger partial charge in [-0.05, 0) is 18.2 Å². The largest absolute Gasteiger partial charge is 0.497 e. The van der Waals surface area contributed by atoms with E-state index in [1.54, 1.807) is 18.2 Å². The van der Waals surface area contributed by atoms with E-state index >= 15 is 0 Å². The molecule has 1 heterocycles. The van der Waals surface area contributed by atoms with Crippen LogP contribution in [0.3, 0.4) is 0 Å². The summed E-state index contributed by atoms with van der Waals surface area (Å²) in [4.78, 5) is 25.6. The van der Waals surface area contributed by atoms with Crippen molar-refractivity contribution < 1.29 is 24.2 Å². The molecule has 0 aliphatic rings. The number of hydrogen-bond acceptors (Lipinski definition) is 4. The molecule has 20 heavy (non-hydrogen) atoms. The molecule has 0 fully saturated rings. The van der Waals surface area contributed by atoms with Crippen LogP contribution in [-0.2, 0) is 0 Å². The highest BCUT2D eigenvalue weighted by atomic mass is 16.5. The van der Waals surface area contributed by atoms with Crippen molar-refractivity contribution in [2.24, 2.45) is 0 Å². The van der Waals surface area contributed by atoms with Crippen molar-refractivity contribution in [3.63, 3.8) is 0 Å². The topological polar surface area (TPSA) is 88.6 Å². The van der Waals surface area contributed by atoms with Crippen molar-refractivity contribution in [3.8, 4) is 11.5 Å². The molecule has 0 bridgehead atoms. The summed E-state index contributed by atoms with van der Waals surface area (Å²) in [6, 6.07) is 6.07. The molecule has 0 saturated carbocycles. The Balaban J connectivity index is 2.38. The number of carboxylic acid groups (broad SMARTS) is 1. The van der Waals surface area contributed by atoms with Gasteiger partial charge in [0.2, 0.25) is 0 Å². The number of methoxy groups -OCH3 is 2. The Bertz CT molecular complexity index is 637. The highest BCUT2D eigenvalue weighted by Crippen LogP contribution is 2.24. The van der Waals surface area contributed by atoms with Crippen LogP contribution >= 0.6 is 0 Å². The van der Waals surface area contributed by atoms with Crippen molar-refractivity contribution in [1.82, 2.24) is 4.98 Å². The van der Waals surface area contributed by atoms with E-state index in [9.17, 15) is 9.59 Å². The summed E-state index contributed by atoms with van der Waals surface area (Å²) in [6.45, 7) is 0. The average Bonchev–Trinajstić information content (AvgIpc) is 2.95. The summed E-state index contributed by atoms with van der Waals surface area (Å²) < 4.78 is 10.2. The number of rotatable bonds is 5. The number of hydrogen-bond donors (Lipinski definition) is 2. The highest BCUT2D eigenvalue weighted by Gasteiger charge is 2.15. The first kappa shape index (κ1) is 13.7. The van der Waals surface area contributed by atoms with Gasteiger partial charge in [0.05, 0.1) is 14.2 Å². The van der Waals surface area contributed by atoms with Crippen molar-refractivity contribution in [3.05, 3.63) is 47.3 Å². The van der Waals surface area contributed by atoms with Gasteiger partial charge >= 0.3 is 5.97 Å². The fourth-order valence-corrected chi connectivity index (χ4v) is 1.75. The second-order valence-electron chi connectivity index (χ2n) is 4.04. The minimum absolute atomic E-state index is 0.0387. The minimum atomic E-state index is -1.12. The van der Waals surface area contributed by atoms with Crippen LogP contribution in [0.5, 0.6) is 11.5 Å². The SMILES string of the molecule is COc1cc(OC)cc(C(=O)c2c[nH]c(C(=O)O)c2)c1. The molecule has 0 unspecified atom stereocenters. The van der Waals surface area contributed by atoms with Crippen LogP contribution in [0, 0.1) is 0 Å². The first-order valence-electron chi connectivity index (χ1n) is 5.74. The van der Waals surface area contributed by atoms with Crippen LogP contribution in [0.2, 0.25) is 0 Å². The lowest BCUT2D eigenvalue weighted by Gasteiger charge is -2.07. The molecular weight excluding hydrogens is 262 g/mol. The van der Waals surface area contributed by atoms with Crippen LogP contribution in [0.4, 0.5) is 0 Å².